The number of rotatable bonds is 0. The Kier molecular flexibility index (Phi) is 1.24. The first-order chi connectivity index (χ1) is 6.77. The fourth-order valence-electron chi connectivity index (χ4n) is 1.63. The molecule has 3 aromatic heterocycles. The van der Waals surface area contributed by atoms with Crippen LogP contribution in [0.2, 0.25) is 0 Å². The van der Waals surface area contributed by atoms with Crippen LogP contribution in [0.3, 0.4) is 0 Å². The van der Waals surface area contributed by atoms with Gasteiger partial charge in [0.2, 0.25) is 17.0 Å². The highest BCUT2D eigenvalue weighted by Gasteiger charge is 2.18. The number of nitrogens with one attached hydrogen (secondary N) is 1. The van der Waals surface area contributed by atoms with Gasteiger partial charge in [0.25, 0.3) is 0 Å². The van der Waals surface area contributed by atoms with E-state index in [-0.39, 0.29) is 0 Å². The third-order valence-electron chi connectivity index (χ3n) is 2.53. The highest BCUT2D eigenvalue weighted by atomic mass is 15.5. The molecule has 0 aliphatic heterocycles. The zero-order valence-electron chi connectivity index (χ0n) is 8.02. The Balaban J connectivity index is 2.60. The predicted octanol–water partition coefficient (Wildman–Crippen LogP) is 0.413. The van der Waals surface area contributed by atoms with E-state index >= 15 is 0 Å². The number of H-pyrrole nitrogens is 1. The van der Waals surface area contributed by atoms with Crippen molar-refractivity contribution >= 4 is 11.3 Å². The van der Waals surface area contributed by atoms with Crippen molar-refractivity contribution in [3.8, 4) is 0 Å². The fourth-order valence-corrected chi connectivity index (χ4v) is 1.63. The first-order valence-electron chi connectivity index (χ1n) is 4.46. The number of hydrogen-bond acceptors (Lipinski definition) is 2. The maximum absolute atomic E-state index is 4.27. The van der Waals surface area contributed by atoms with Crippen molar-refractivity contribution in [1.29, 1.82) is 0 Å². The second-order valence-corrected chi connectivity index (χ2v) is 3.39. The van der Waals surface area contributed by atoms with Crippen molar-refractivity contribution in [3.63, 3.8) is 0 Å². The van der Waals surface area contributed by atoms with Crippen LogP contribution in [-0.2, 0) is 0 Å². The molecule has 5 nitrogen and oxygen atoms in total. The molecule has 0 bridgehead atoms. The summed E-state index contributed by atoms with van der Waals surface area (Å²) in [6.45, 7) is 4.14. The number of fused-ring (bicyclic) bond motifs is 3. The van der Waals surface area contributed by atoms with Gasteiger partial charge >= 0.3 is 0 Å². The fraction of sp³-hybridized carbons (Fsp3) is 0.222. The van der Waals surface area contributed by atoms with Crippen LogP contribution in [0.25, 0.3) is 11.3 Å². The van der Waals surface area contributed by atoms with Gasteiger partial charge in [0, 0.05) is 29.5 Å². The first kappa shape index (κ1) is 7.49. The van der Waals surface area contributed by atoms with Gasteiger partial charge in [-0.2, -0.15) is 0 Å². The molecule has 0 fully saturated rings. The molecule has 14 heavy (non-hydrogen) atoms. The Bertz CT molecular complexity index is 618. The molecule has 3 aromatic rings. The topological polar surface area (TPSA) is 50.1 Å². The van der Waals surface area contributed by atoms with E-state index < -0.39 is 0 Å². The lowest BCUT2D eigenvalue weighted by atomic mass is 10.3. The summed E-state index contributed by atoms with van der Waals surface area (Å²) in [6.07, 6.45) is 5.42. The third kappa shape index (κ3) is 0.761. The van der Waals surface area contributed by atoms with Crippen LogP contribution in [0.1, 0.15) is 11.3 Å². The molecule has 0 spiro atoms. The molecule has 5 heteroatoms. The summed E-state index contributed by atoms with van der Waals surface area (Å²) in [4.78, 5) is 8.47. The van der Waals surface area contributed by atoms with Crippen molar-refractivity contribution in [3.05, 3.63) is 29.8 Å². The maximum Gasteiger partial charge on any atom is 0.244 e. The summed E-state index contributed by atoms with van der Waals surface area (Å²) >= 11 is 0. The maximum atomic E-state index is 4.27. The highest BCUT2D eigenvalue weighted by molar-refractivity contribution is 5.62. The zero-order chi connectivity index (χ0) is 9.71. The zero-order valence-corrected chi connectivity index (χ0v) is 8.02. The summed E-state index contributed by atoms with van der Waals surface area (Å²) in [7, 11) is 0. The van der Waals surface area contributed by atoms with Crippen molar-refractivity contribution in [2.24, 2.45) is 0 Å². The Labute approximate surface area is 80.0 Å². The van der Waals surface area contributed by atoms with Gasteiger partial charge in [-0.25, -0.2) is 9.97 Å². The molecular weight excluding hydrogens is 178 g/mol. The molecule has 3 rings (SSSR count). The summed E-state index contributed by atoms with van der Waals surface area (Å²) in [5.41, 5.74) is 4.05. The number of aromatic nitrogens is 5. The summed E-state index contributed by atoms with van der Waals surface area (Å²) in [5.74, 6) is 0. The number of aryl methyl sites for hydroxylation is 2. The Hall–Kier alpha value is -1.91. The van der Waals surface area contributed by atoms with Crippen LogP contribution in [0, 0.1) is 13.8 Å². The van der Waals surface area contributed by atoms with E-state index in [2.05, 4.69) is 28.9 Å². The van der Waals surface area contributed by atoms with E-state index in [9.17, 15) is 0 Å². The molecule has 0 saturated carbocycles. The van der Waals surface area contributed by atoms with E-state index in [4.69, 9.17) is 0 Å². The quantitative estimate of drug-likeness (QED) is 0.519. The van der Waals surface area contributed by atoms with Crippen LogP contribution in [-0.4, -0.2) is 19.6 Å². The molecule has 0 aliphatic carbocycles. The molecule has 70 valence electrons. The van der Waals surface area contributed by atoms with Gasteiger partial charge in [0.15, 0.2) is 0 Å². The van der Waals surface area contributed by atoms with Gasteiger partial charge in [-0.15, -0.1) is 5.10 Å². The number of aromatic amines is 1. The van der Waals surface area contributed by atoms with Gasteiger partial charge < -0.3 is 0 Å². The molecular formula is C9H10N5+. The Morgan fingerprint density at radius 2 is 2.07 bits per heavy atom. The van der Waals surface area contributed by atoms with Crippen molar-refractivity contribution < 1.29 is 4.63 Å². The number of nitrogens with zero attached hydrogens (tertiary/aromatic N) is 4. The van der Waals surface area contributed by atoms with E-state index in [1.165, 1.54) is 11.3 Å². The summed E-state index contributed by atoms with van der Waals surface area (Å²) < 4.78 is 3.91. The molecule has 0 aromatic carbocycles. The van der Waals surface area contributed by atoms with Crippen LogP contribution in [0.5, 0.6) is 0 Å². The lowest BCUT2D eigenvalue weighted by Gasteiger charge is -1.80. The second-order valence-electron chi connectivity index (χ2n) is 3.39. The van der Waals surface area contributed by atoms with Crippen LogP contribution in [0.4, 0.5) is 0 Å². The van der Waals surface area contributed by atoms with Gasteiger partial charge in [-0.3, -0.25) is 0 Å². The van der Waals surface area contributed by atoms with Crippen molar-refractivity contribution in [1.82, 2.24) is 19.6 Å². The normalized spacial score (nSPS) is 11.6. The molecule has 0 amide bonds. The molecule has 0 saturated heterocycles. The summed E-state index contributed by atoms with van der Waals surface area (Å²) in [5, 5.41) is 3.17. The van der Waals surface area contributed by atoms with Gasteiger partial charge in [0.05, 0.1) is 6.20 Å². The minimum Gasteiger partial charge on any atom is -0.229 e. The molecule has 0 radical (unpaired) electrons. The lowest BCUT2D eigenvalue weighted by Crippen LogP contribution is -2.30. The van der Waals surface area contributed by atoms with E-state index in [1.807, 2.05) is 15.3 Å². The monoisotopic (exact) mass is 188 g/mol. The van der Waals surface area contributed by atoms with Crippen LogP contribution >= 0.6 is 0 Å². The lowest BCUT2D eigenvalue weighted by molar-refractivity contribution is -0.675. The van der Waals surface area contributed by atoms with Crippen LogP contribution < -0.4 is 4.63 Å². The number of hydrogen-bond donors (Lipinski definition) is 1. The van der Waals surface area contributed by atoms with Gasteiger partial charge in [-0.05, 0) is 6.92 Å². The largest absolute Gasteiger partial charge is 0.244 e. The molecule has 0 atom stereocenters. The van der Waals surface area contributed by atoms with E-state index in [0.717, 1.165) is 11.3 Å². The second kappa shape index (κ2) is 2.31. The standard InChI is InChI=1S/C9H10N5/c1-6-5-13-9-8(10-3-4-11-9)12-14(13)7(6)2/h3-5H,1-2H3,(H,10,12)/q+1. The smallest absolute Gasteiger partial charge is 0.229 e. The van der Waals surface area contributed by atoms with E-state index in [0.29, 0.717) is 0 Å². The average molecular weight is 188 g/mol. The Morgan fingerprint density at radius 3 is 2.93 bits per heavy atom. The molecule has 0 unspecified atom stereocenters. The average Bonchev–Trinajstić information content (AvgIpc) is 2.67. The summed E-state index contributed by atoms with van der Waals surface area (Å²) in [6, 6.07) is 0. The van der Waals surface area contributed by atoms with E-state index in [1.54, 1.807) is 12.4 Å². The molecule has 3 heterocycles. The molecule has 0 aliphatic rings. The first-order valence-corrected chi connectivity index (χ1v) is 4.46. The Morgan fingerprint density at radius 1 is 1.29 bits per heavy atom. The minimum absolute atomic E-state index is 0.801. The van der Waals surface area contributed by atoms with Crippen LogP contribution in [0.15, 0.2) is 18.6 Å². The SMILES string of the molecule is Cc1cn2c3nccnc3[nH][n+]2c1C. The van der Waals surface area contributed by atoms with Gasteiger partial charge in [0.1, 0.15) is 0 Å². The minimum atomic E-state index is 0.801. The molecule has 1 N–H and O–H groups in total. The van der Waals surface area contributed by atoms with Crippen molar-refractivity contribution in [2.75, 3.05) is 0 Å². The predicted molar refractivity (Wildman–Crippen MR) is 50.0 cm³/mol. The van der Waals surface area contributed by atoms with Crippen molar-refractivity contribution in [2.45, 2.75) is 13.8 Å². The van der Waals surface area contributed by atoms with Gasteiger partial charge in [-0.1, -0.05) is 4.52 Å². The third-order valence-corrected chi connectivity index (χ3v) is 2.53. The highest BCUT2D eigenvalue weighted by Crippen LogP contribution is 2.06.